The maximum Gasteiger partial charge on any atom is 0.227 e. The molecule has 0 N–H and O–H groups in total. The van der Waals surface area contributed by atoms with Crippen molar-refractivity contribution < 1.29 is 4.42 Å². The lowest BCUT2D eigenvalue weighted by Crippen LogP contribution is -1.87. The van der Waals surface area contributed by atoms with Crippen molar-refractivity contribution in [2.45, 2.75) is 0 Å². The molecule has 37 heavy (non-hydrogen) atoms. The third-order valence-electron chi connectivity index (χ3n) is 6.95. The monoisotopic (exact) mass is 473 g/mol. The summed E-state index contributed by atoms with van der Waals surface area (Å²) >= 11 is 0. The third-order valence-corrected chi connectivity index (χ3v) is 6.95. The van der Waals surface area contributed by atoms with E-state index >= 15 is 0 Å². The van der Waals surface area contributed by atoms with Crippen LogP contribution in [0, 0.1) is 0 Å². The van der Waals surface area contributed by atoms with Crippen molar-refractivity contribution in [2.24, 2.45) is 0 Å². The van der Waals surface area contributed by atoms with E-state index in [0.29, 0.717) is 5.89 Å². The van der Waals surface area contributed by atoms with Gasteiger partial charge in [-0.05, 0) is 68.4 Å². The molecule has 0 aliphatic heterocycles. The fourth-order valence-electron chi connectivity index (χ4n) is 5.08. The van der Waals surface area contributed by atoms with Crippen LogP contribution in [0.25, 0.3) is 66.7 Å². The van der Waals surface area contributed by atoms with Gasteiger partial charge in [-0.1, -0.05) is 115 Å². The van der Waals surface area contributed by atoms with Crippen LogP contribution in [0.4, 0.5) is 0 Å². The first-order valence-electron chi connectivity index (χ1n) is 12.5. The quantitative estimate of drug-likeness (QED) is 0.254. The number of hydrogen-bond acceptors (Lipinski definition) is 2. The summed E-state index contributed by atoms with van der Waals surface area (Å²) in [6, 6.07) is 48.8. The predicted octanol–water partition coefficient (Wildman–Crippen LogP) is 9.65. The maximum atomic E-state index is 6.12. The molecule has 0 bridgehead atoms. The van der Waals surface area contributed by atoms with E-state index < -0.39 is 0 Å². The van der Waals surface area contributed by atoms with Crippen LogP contribution in [0.5, 0.6) is 0 Å². The normalized spacial score (nSPS) is 11.2. The Bertz CT molecular complexity index is 1830. The highest BCUT2D eigenvalue weighted by Gasteiger charge is 2.14. The average Bonchev–Trinajstić information content (AvgIpc) is 3.41. The second-order valence-corrected chi connectivity index (χ2v) is 9.22. The summed E-state index contributed by atoms with van der Waals surface area (Å²) in [6.45, 7) is 0. The fourth-order valence-corrected chi connectivity index (χ4v) is 5.08. The Morgan fingerprint density at radius 1 is 0.405 bits per heavy atom. The van der Waals surface area contributed by atoms with E-state index in [0.717, 1.165) is 22.0 Å². The minimum absolute atomic E-state index is 0.649. The van der Waals surface area contributed by atoms with Crippen molar-refractivity contribution in [1.82, 2.24) is 4.98 Å². The van der Waals surface area contributed by atoms with Crippen LogP contribution < -0.4 is 0 Å². The lowest BCUT2D eigenvalue weighted by Gasteiger charge is -2.12. The highest BCUT2D eigenvalue weighted by atomic mass is 16.3. The number of fused-ring (bicyclic) bond motifs is 2. The predicted molar refractivity (Wildman–Crippen MR) is 153 cm³/mol. The number of nitrogens with zero attached hydrogens (tertiary/aromatic N) is 1. The molecule has 7 aromatic rings. The second kappa shape index (κ2) is 8.92. The molecule has 0 atom stereocenters. The average molecular weight is 474 g/mol. The highest BCUT2D eigenvalue weighted by Crippen LogP contribution is 2.37. The van der Waals surface area contributed by atoms with Gasteiger partial charge in [0, 0.05) is 5.56 Å². The van der Waals surface area contributed by atoms with Crippen LogP contribution in [-0.4, -0.2) is 4.98 Å². The third kappa shape index (κ3) is 3.89. The van der Waals surface area contributed by atoms with Gasteiger partial charge < -0.3 is 4.42 Å². The van der Waals surface area contributed by atoms with Gasteiger partial charge in [0.2, 0.25) is 5.89 Å². The van der Waals surface area contributed by atoms with Gasteiger partial charge >= 0.3 is 0 Å². The molecule has 0 saturated carbocycles. The second-order valence-electron chi connectivity index (χ2n) is 9.22. The summed E-state index contributed by atoms with van der Waals surface area (Å²) in [6.07, 6.45) is 0. The smallest absolute Gasteiger partial charge is 0.227 e. The molecule has 1 aromatic heterocycles. The van der Waals surface area contributed by atoms with Gasteiger partial charge in [0.05, 0.1) is 0 Å². The zero-order valence-electron chi connectivity index (χ0n) is 20.1. The lowest BCUT2D eigenvalue weighted by molar-refractivity contribution is 0.620. The molecule has 2 nitrogen and oxygen atoms in total. The first-order chi connectivity index (χ1) is 18.3. The number of oxazole rings is 1. The molecular formula is C35H23NO. The largest absolute Gasteiger partial charge is 0.436 e. The summed E-state index contributed by atoms with van der Waals surface area (Å²) in [5.41, 5.74) is 9.91. The van der Waals surface area contributed by atoms with E-state index in [1.54, 1.807) is 0 Å². The summed E-state index contributed by atoms with van der Waals surface area (Å²) in [7, 11) is 0. The molecule has 1 heterocycles. The van der Waals surface area contributed by atoms with Gasteiger partial charge in [0.15, 0.2) is 5.58 Å². The molecule has 2 heteroatoms. The minimum Gasteiger partial charge on any atom is -0.436 e. The van der Waals surface area contributed by atoms with Crippen LogP contribution in [0.1, 0.15) is 0 Å². The zero-order valence-corrected chi connectivity index (χ0v) is 20.1. The Hall–Kier alpha value is -4.95. The van der Waals surface area contributed by atoms with Crippen molar-refractivity contribution in [1.29, 1.82) is 0 Å². The first-order valence-corrected chi connectivity index (χ1v) is 12.5. The standard InChI is InChI=1S/C35H23NO/c1-2-9-24(10-3-1)25-17-19-26(20-18-25)27-11-8-12-28(23-27)29-21-22-32(31-14-5-4-13-30(29)31)35-36-33-15-6-7-16-34(33)37-35/h1-23H. The maximum absolute atomic E-state index is 6.12. The number of aromatic nitrogens is 1. The Balaban J connectivity index is 1.29. The molecule has 0 aliphatic rings. The molecule has 0 radical (unpaired) electrons. The van der Waals surface area contributed by atoms with Crippen LogP contribution in [-0.2, 0) is 0 Å². The summed E-state index contributed by atoms with van der Waals surface area (Å²) in [5.74, 6) is 0.649. The SMILES string of the molecule is c1ccc(-c2ccc(-c3cccc(-c4ccc(-c5nc6ccccc6o5)c5ccccc45)c3)cc2)cc1. The topological polar surface area (TPSA) is 26.0 Å². The van der Waals surface area contributed by atoms with Crippen molar-refractivity contribution >= 4 is 21.9 Å². The Morgan fingerprint density at radius 3 is 1.76 bits per heavy atom. The van der Waals surface area contributed by atoms with Crippen LogP contribution in [0.3, 0.4) is 0 Å². The summed E-state index contributed by atoms with van der Waals surface area (Å²) in [4.78, 5) is 4.75. The molecule has 0 saturated heterocycles. The number of hydrogen-bond donors (Lipinski definition) is 0. The van der Waals surface area contributed by atoms with E-state index in [4.69, 9.17) is 9.40 Å². The minimum atomic E-state index is 0.649. The molecule has 0 amide bonds. The highest BCUT2D eigenvalue weighted by molar-refractivity contribution is 6.04. The van der Waals surface area contributed by atoms with Gasteiger partial charge in [-0.2, -0.15) is 0 Å². The molecule has 6 aromatic carbocycles. The fraction of sp³-hybridized carbons (Fsp3) is 0. The van der Waals surface area contributed by atoms with Gasteiger partial charge in [0.1, 0.15) is 5.52 Å². The van der Waals surface area contributed by atoms with Gasteiger partial charge in [0.25, 0.3) is 0 Å². The Morgan fingerprint density at radius 2 is 0.973 bits per heavy atom. The van der Waals surface area contributed by atoms with E-state index in [-0.39, 0.29) is 0 Å². The first kappa shape index (κ1) is 21.3. The van der Waals surface area contributed by atoms with E-state index in [1.165, 1.54) is 38.8 Å². The molecule has 174 valence electrons. The molecule has 0 fully saturated rings. The summed E-state index contributed by atoms with van der Waals surface area (Å²) < 4.78 is 6.12. The van der Waals surface area contributed by atoms with E-state index in [9.17, 15) is 0 Å². The van der Waals surface area contributed by atoms with E-state index in [2.05, 4.69) is 109 Å². The number of para-hydroxylation sites is 2. The lowest BCUT2D eigenvalue weighted by atomic mass is 9.92. The van der Waals surface area contributed by atoms with Crippen LogP contribution in [0.15, 0.2) is 144 Å². The van der Waals surface area contributed by atoms with Gasteiger partial charge in [-0.25, -0.2) is 4.98 Å². The Labute approximate surface area is 215 Å². The van der Waals surface area contributed by atoms with Gasteiger partial charge in [-0.15, -0.1) is 0 Å². The van der Waals surface area contributed by atoms with Crippen molar-refractivity contribution in [3.05, 3.63) is 140 Å². The molecule has 0 aliphatic carbocycles. The van der Waals surface area contributed by atoms with Crippen LogP contribution in [0.2, 0.25) is 0 Å². The number of rotatable bonds is 4. The molecular weight excluding hydrogens is 450 g/mol. The van der Waals surface area contributed by atoms with Crippen molar-refractivity contribution in [2.75, 3.05) is 0 Å². The van der Waals surface area contributed by atoms with Crippen molar-refractivity contribution in [3.63, 3.8) is 0 Å². The summed E-state index contributed by atoms with van der Waals surface area (Å²) in [5, 5.41) is 2.31. The van der Waals surface area contributed by atoms with Crippen LogP contribution >= 0.6 is 0 Å². The zero-order chi connectivity index (χ0) is 24.6. The molecule has 0 spiro atoms. The number of benzene rings is 6. The van der Waals surface area contributed by atoms with E-state index in [1.807, 2.05) is 30.3 Å². The van der Waals surface area contributed by atoms with Gasteiger partial charge in [-0.3, -0.25) is 0 Å². The van der Waals surface area contributed by atoms with Crippen molar-refractivity contribution in [3.8, 4) is 44.8 Å². The Kier molecular flexibility index (Phi) is 5.15. The molecule has 7 rings (SSSR count). The molecule has 0 unspecified atom stereocenters.